The molecular formula is C13H11BrClFOS. The van der Waals surface area contributed by atoms with Crippen LogP contribution in [0.1, 0.15) is 15.3 Å². The molecule has 0 fully saturated rings. The molecule has 2 aromatic rings. The predicted molar refractivity (Wildman–Crippen MR) is 77.7 cm³/mol. The molecule has 1 nitrogen and oxygen atoms in total. The first-order valence-electron chi connectivity index (χ1n) is 5.31. The molecule has 0 saturated carbocycles. The highest BCUT2D eigenvalue weighted by Crippen LogP contribution is 2.39. The minimum absolute atomic E-state index is 0.0122. The second kappa shape index (κ2) is 6.04. The fraction of sp³-hybridized carbons (Fsp3) is 0.231. The predicted octanol–water partition coefficient (Wildman–Crippen LogP) is 5.23. The van der Waals surface area contributed by atoms with E-state index in [-0.39, 0.29) is 10.6 Å². The second-order valence-electron chi connectivity index (χ2n) is 3.73. The van der Waals surface area contributed by atoms with Gasteiger partial charge in [0.05, 0.1) is 16.8 Å². The van der Waals surface area contributed by atoms with Crippen LogP contribution in [0.15, 0.2) is 29.6 Å². The largest absolute Gasteiger partial charge is 0.496 e. The summed E-state index contributed by atoms with van der Waals surface area (Å²) in [6.07, 6.45) is 0.488. The van der Waals surface area contributed by atoms with Crippen LogP contribution in [0.4, 0.5) is 4.39 Å². The van der Waals surface area contributed by atoms with Gasteiger partial charge in [-0.1, -0.05) is 33.6 Å². The van der Waals surface area contributed by atoms with E-state index in [0.717, 1.165) is 10.6 Å². The number of alkyl halides is 1. The Balaban J connectivity index is 2.24. The van der Waals surface area contributed by atoms with Gasteiger partial charge >= 0.3 is 0 Å². The maximum atomic E-state index is 13.7. The van der Waals surface area contributed by atoms with Crippen LogP contribution in [0.2, 0.25) is 5.02 Å². The van der Waals surface area contributed by atoms with Crippen LogP contribution in [-0.4, -0.2) is 7.11 Å². The number of ether oxygens (including phenoxy) is 1. The summed E-state index contributed by atoms with van der Waals surface area (Å²) in [5.74, 6) is 0.539. The van der Waals surface area contributed by atoms with Crippen molar-refractivity contribution in [1.82, 2.24) is 0 Å². The molecule has 1 atom stereocenters. The van der Waals surface area contributed by atoms with E-state index in [4.69, 9.17) is 16.3 Å². The van der Waals surface area contributed by atoms with Crippen molar-refractivity contribution in [1.29, 1.82) is 0 Å². The number of hydrogen-bond acceptors (Lipinski definition) is 2. The van der Waals surface area contributed by atoms with E-state index in [2.05, 4.69) is 15.9 Å². The third-order valence-corrected chi connectivity index (χ3v) is 5.06. The molecule has 1 heterocycles. The van der Waals surface area contributed by atoms with E-state index in [0.29, 0.717) is 17.0 Å². The van der Waals surface area contributed by atoms with Gasteiger partial charge in [0.15, 0.2) is 0 Å². The summed E-state index contributed by atoms with van der Waals surface area (Å²) in [5.41, 5.74) is 0.525. The van der Waals surface area contributed by atoms with Gasteiger partial charge in [-0.15, -0.1) is 11.3 Å². The minimum atomic E-state index is -0.275. The molecule has 96 valence electrons. The topological polar surface area (TPSA) is 9.23 Å². The molecular weight excluding hydrogens is 339 g/mol. The first kappa shape index (κ1) is 13.8. The number of benzene rings is 1. The van der Waals surface area contributed by atoms with Crippen LogP contribution >= 0.6 is 38.9 Å². The van der Waals surface area contributed by atoms with E-state index in [1.54, 1.807) is 30.6 Å². The lowest BCUT2D eigenvalue weighted by Crippen LogP contribution is -1.99. The molecule has 0 radical (unpaired) electrons. The summed E-state index contributed by atoms with van der Waals surface area (Å²) in [7, 11) is 1.63. The SMILES string of the molecule is COc1ccsc1C(Br)Cc1c(F)cccc1Cl. The lowest BCUT2D eigenvalue weighted by atomic mass is 10.1. The highest BCUT2D eigenvalue weighted by molar-refractivity contribution is 9.09. The Morgan fingerprint density at radius 2 is 2.22 bits per heavy atom. The highest BCUT2D eigenvalue weighted by atomic mass is 79.9. The van der Waals surface area contributed by atoms with Crippen LogP contribution in [0.5, 0.6) is 5.75 Å². The Bertz CT molecular complexity index is 523. The Hall–Kier alpha value is -0.580. The van der Waals surface area contributed by atoms with Gasteiger partial charge in [-0.25, -0.2) is 4.39 Å². The summed E-state index contributed by atoms with van der Waals surface area (Å²) in [4.78, 5) is 1.03. The Labute approximate surface area is 123 Å². The quantitative estimate of drug-likeness (QED) is 0.687. The third-order valence-electron chi connectivity index (χ3n) is 2.61. The number of hydrogen-bond donors (Lipinski definition) is 0. The van der Waals surface area contributed by atoms with E-state index in [1.165, 1.54) is 6.07 Å². The van der Waals surface area contributed by atoms with Crippen molar-refractivity contribution in [2.24, 2.45) is 0 Å². The monoisotopic (exact) mass is 348 g/mol. The van der Waals surface area contributed by atoms with Crippen molar-refractivity contribution in [2.75, 3.05) is 7.11 Å². The molecule has 18 heavy (non-hydrogen) atoms. The molecule has 1 aromatic carbocycles. The molecule has 0 bridgehead atoms. The second-order valence-corrected chi connectivity index (χ2v) is 6.19. The first-order valence-corrected chi connectivity index (χ1v) is 7.49. The van der Waals surface area contributed by atoms with Gasteiger partial charge in [-0.3, -0.25) is 0 Å². The van der Waals surface area contributed by atoms with Crippen LogP contribution in [-0.2, 0) is 6.42 Å². The molecule has 0 amide bonds. The van der Waals surface area contributed by atoms with Gasteiger partial charge in [-0.05, 0) is 30.0 Å². The van der Waals surface area contributed by atoms with Crippen molar-refractivity contribution in [2.45, 2.75) is 11.2 Å². The van der Waals surface area contributed by atoms with E-state index < -0.39 is 0 Å². The summed E-state index contributed by atoms with van der Waals surface area (Å²) < 4.78 is 19.0. The Kier molecular flexibility index (Phi) is 4.65. The Morgan fingerprint density at radius 1 is 1.44 bits per heavy atom. The van der Waals surface area contributed by atoms with E-state index in [9.17, 15) is 4.39 Å². The van der Waals surface area contributed by atoms with Crippen LogP contribution in [0, 0.1) is 5.82 Å². The van der Waals surface area contributed by atoms with E-state index in [1.807, 2.05) is 11.4 Å². The Morgan fingerprint density at radius 3 is 2.89 bits per heavy atom. The molecule has 0 saturated heterocycles. The van der Waals surface area contributed by atoms with Crippen molar-refractivity contribution in [3.63, 3.8) is 0 Å². The molecule has 2 rings (SSSR count). The maximum Gasteiger partial charge on any atom is 0.133 e. The summed E-state index contributed by atoms with van der Waals surface area (Å²) in [5, 5.41) is 2.40. The zero-order chi connectivity index (χ0) is 13.1. The lowest BCUT2D eigenvalue weighted by molar-refractivity contribution is 0.412. The molecule has 1 unspecified atom stereocenters. The van der Waals surface area contributed by atoms with Gasteiger partial charge in [0.1, 0.15) is 11.6 Å². The molecule has 0 aliphatic rings. The lowest BCUT2D eigenvalue weighted by Gasteiger charge is -2.12. The van der Waals surface area contributed by atoms with Gasteiger partial charge in [-0.2, -0.15) is 0 Å². The van der Waals surface area contributed by atoms with E-state index >= 15 is 0 Å². The van der Waals surface area contributed by atoms with Crippen molar-refractivity contribution >= 4 is 38.9 Å². The smallest absolute Gasteiger partial charge is 0.133 e. The molecule has 0 aliphatic carbocycles. The summed E-state index contributed by atoms with van der Waals surface area (Å²) in [6, 6.07) is 6.63. The van der Waals surface area contributed by atoms with Gasteiger partial charge in [0.2, 0.25) is 0 Å². The fourth-order valence-corrected chi connectivity index (χ4v) is 3.66. The van der Waals surface area contributed by atoms with Crippen molar-refractivity contribution in [3.05, 3.63) is 50.9 Å². The third kappa shape index (κ3) is 2.87. The average molecular weight is 350 g/mol. The van der Waals surface area contributed by atoms with Gasteiger partial charge in [0, 0.05) is 10.6 Å². The standard InChI is InChI=1S/C13H11BrClFOS/c1-17-12-5-6-18-13(12)9(14)7-8-10(15)3-2-4-11(8)16/h2-6,9H,7H2,1H3. The highest BCUT2D eigenvalue weighted by Gasteiger charge is 2.18. The number of methoxy groups -OCH3 is 1. The van der Waals surface area contributed by atoms with Crippen LogP contribution in [0.25, 0.3) is 0 Å². The van der Waals surface area contributed by atoms with Crippen LogP contribution < -0.4 is 4.74 Å². The van der Waals surface area contributed by atoms with Gasteiger partial charge in [0.25, 0.3) is 0 Å². The molecule has 5 heteroatoms. The summed E-state index contributed by atoms with van der Waals surface area (Å²) >= 11 is 11.2. The first-order chi connectivity index (χ1) is 8.63. The average Bonchev–Trinajstić information content (AvgIpc) is 2.82. The molecule has 0 aliphatic heterocycles. The zero-order valence-electron chi connectivity index (χ0n) is 9.62. The number of halogens is 3. The minimum Gasteiger partial charge on any atom is -0.496 e. The molecule has 0 N–H and O–H groups in total. The van der Waals surface area contributed by atoms with Gasteiger partial charge < -0.3 is 4.74 Å². The zero-order valence-corrected chi connectivity index (χ0v) is 12.8. The van der Waals surface area contributed by atoms with Crippen LogP contribution in [0.3, 0.4) is 0 Å². The van der Waals surface area contributed by atoms with Crippen molar-refractivity contribution in [3.8, 4) is 5.75 Å². The fourth-order valence-electron chi connectivity index (χ4n) is 1.71. The van der Waals surface area contributed by atoms with Crippen molar-refractivity contribution < 1.29 is 9.13 Å². The maximum absolute atomic E-state index is 13.7. The summed E-state index contributed by atoms with van der Waals surface area (Å²) in [6.45, 7) is 0. The number of thiophene rings is 1. The molecule has 0 spiro atoms. The molecule has 1 aromatic heterocycles. The number of rotatable bonds is 4. The normalized spacial score (nSPS) is 12.4.